The number of rotatable bonds is 4. The summed E-state index contributed by atoms with van der Waals surface area (Å²) in [5.74, 6) is -0.136. The SMILES string of the molecule is CCOC(=O)C1(Nc2ccc(Br)cc2)CCCN(C)CC1. The first kappa shape index (κ1) is 16.3. The minimum absolute atomic E-state index is 0.136. The summed E-state index contributed by atoms with van der Waals surface area (Å²) in [6.45, 7) is 4.18. The fourth-order valence-electron chi connectivity index (χ4n) is 2.73. The van der Waals surface area contributed by atoms with Crippen molar-refractivity contribution in [2.45, 2.75) is 31.7 Å². The summed E-state index contributed by atoms with van der Waals surface area (Å²) in [5, 5.41) is 3.44. The van der Waals surface area contributed by atoms with Crippen LogP contribution >= 0.6 is 15.9 Å². The van der Waals surface area contributed by atoms with Gasteiger partial charge in [-0.05, 0) is 64.0 Å². The Morgan fingerprint density at radius 1 is 1.33 bits per heavy atom. The van der Waals surface area contributed by atoms with E-state index < -0.39 is 5.54 Å². The van der Waals surface area contributed by atoms with Crippen LogP contribution in [0.15, 0.2) is 28.7 Å². The van der Waals surface area contributed by atoms with Crippen molar-refractivity contribution in [3.05, 3.63) is 28.7 Å². The molecule has 1 aliphatic heterocycles. The summed E-state index contributed by atoms with van der Waals surface area (Å²) in [5.41, 5.74) is 0.338. The zero-order valence-electron chi connectivity index (χ0n) is 12.7. The number of ether oxygens (including phenoxy) is 1. The van der Waals surface area contributed by atoms with Crippen LogP contribution in [0.25, 0.3) is 0 Å². The van der Waals surface area contributed by atoms with Gasteiger partial charge in [-0.3, -0.25) is 0 Å². The van der Waals surface area contributed by atoms with Crippen LogP contribution < -0.4 is 5.32 Å². The molecule has 1 fully saturated rings. The van der Waals surface area contributed by atoms with E-state index in [9.17, 15) is 4.79 Å². The molecule has 0 amide bonds. The van der Waals surface area contributed by atoms with Gasteiger partial charge in [0, 0.05) is 16.7 Å². The van der Waals surface area contributed by atoms with E-state index in [4.69, 9.17) is 4.74 Å². The number of benzene rings is 1. The number of likely N-dealkylation sites (tertiary alicyclic amines) is 1. The molecule has 1 unspecified atom stereocenters. The first-order valence-electron chi connectivity index (χ1n) is 7.45. The van der Waals surface area contributed by atoms with Crippen molar-refractivity contribution in [1.29, 1.82) is 0 Å². The maximum atomic E-state index is 12.5. The average Bonchev–Trinajstić information content (AvgIpc) is 2.65. The van der Waals surface area contributed by atoms with Crippen LogP contribution in [0.3, 0.4) is 0 Å². The lowest BCUT2D eigenvalue weighted by Crippen LogP contribution is -2.48. The van der Waals surface area contributed by atoms with Crippen molar-refractivity contribution in [3.8, 4) is 0 Å². The van der Waals surface area contributed by atoms with Crippen LogP contribution in [0.2, 0.25) is 0 Å². The number of esters is 1. The number of hydrogen-bond donors (Lipinski definition) is 1. The van der Waals surface area contributed by atoms with Crippen molar-refractivity contribution in [1.82, 2.24) is 4.90 Å². The molecule has 0 aromatic heterocycles. The molecule has 0 radical (unpaired) electrons. The van der Waals surface area contributed by atoms with Gasteiger partial charge in [0.15, 0.2) is 0 Å². The van der Waals surface area contributed by atoms with E-state index in [0.29, 0.717) is 6.61 Å². The van der Waals surface area contributed by atoms with Crippen molar-refractivity contribution >= 4 is 27.6 Å². The quantitative estimate of drug-likeness (QED) is 0.842. The highest BCUT2D eigenvalue weighted by Crippen LogP contribution is 2.29. The predicted molar refractivity (Wildman–Crippen MR) is 88.5 cm³/mol. The molecule has 4 nitrogen and oxygen atoms in total. The topological polar surface area (TPSA) is 41.6 Å². The molecule has 1 aromatic rings. The van der Waals surface area contributed by atoms with Crippen LogP contribution in [-0.2, 0) is 9.53 Å². The van der Waals surface area contributed by atoms with Gasteiger partial charge in [-0.2, -0.15) is 0 Å². The molecule has 1 aromatic carbocycles. The smallest absolute Gasteiger partial charge is 0.331 e. The maximum absolute atomic E-state index is 12.5. The first-order valence-corrected chi connectivity index (χ1v) is 8.24. The number of carbonyl (C=O) groups is 1. The van der Waals surface area contributed by atoms with Crippen molar-refractivity contribution < 1.29 is 9.53 Å². The lowest BCUT2D eigenvalue weighted by molar-refractivity contribution is -0.149. The fourth-order valence-corrected chi connectivity index (χ4v) is 2.99. The minimum Gasteiger partial charge on any atom is -0.464 e. The molecule has 1 atom stereocenters. The number of nitrogens with one attached hydrogen (secondary N) is 1. The number of hydrogen-bond acceptors (Lipinski definition) is 4. The summed E-state index contributed by atoms with van der Waals surface area (Å²) < 4.78 is 6.37. The zero-order chi connectivity index (χ0) is 15.3. The number of nitrogens with zero attached hydrogens (tertiary/aromatic N) is 1. The Hall–Kier alpha value is -1.07. The Morgan fingerprint density at radius 2 is 2.05 bits per heavy atom. The van der Waals surface area contributed by atoms with Gasteiger partial charge < -0.3 is 15.0 Å². The zero-order valence-corrected chi connectivity index (χ0v) is 14.3. The monoisotopic (exact) mass is 354 g/mol. The number of anilines is 1. The fraction of sp³-hybridized carbons (Fsp3) is 0.562. The standard InChI is InChI=1S/C16H23BrN2O2/c1-3-21-15(20)16(9-4-11-19(2)12-10-16)18-14-7-5-13(17)6-8-14/h5-8,18H,3-4,9-12H2,1-2H3. The predicted octanol–water partition coefficient (Wildman–Crippen LogP) is 3.28. The van der Waals surface area contributed by atoms with Gasteiger partial charge in [0.05, 0.1) is 6.61 Å². The van der Waals surface area contributed by atoms with Crippen molar-refractivity contribution in [2.24, 2.45) is 0 Å². The van der Waals surface area contributed by atoms with E-state index in [-0.39, 0.29) is 5.97 Å². The number of carbonyl (C=O) groups excluding carboxylic acids is 1. The lowest BCUT2D eigenvalue weighted by Gasteiger charge is -2.32. The molecule has 1 heterocycles. The summed E-state index contributed by atoms with van der Waals surface area (Å²) in [7, 11) is 2.10. The van der Waals surface area contributed by atoms with Crippen molar-refractivity contribution in [2.75, 3.05) is 32.1 Å². The van der Waals surface area contributed by atoms with Gasteiger partial charge in [-0.15, -0.1) is 0 Å². The molecule has 0 saturated carbocycles. The molecule has 2 rings (SSSR count). The highest BCUT2D eigenvalue weighted by molar-refractivity contribution is 9.10. The Morgan fingerprint density at radius 3 is 2.71 bits per heavy atom. The Bertz CT molecular complexity index is 478. The third-order valence-electron chi connectivity index (χ3n) is 3.96. The van der Waals surface area contributed by atoms with E-state index in [2.05, 4.69) is 33.2 Å². The van der Waals surface area contributed by atoms with Crippen LogP contribution in [0, 0.1) is 0 Å². The van der Waals surface area contributed by atoms with E-state index in [1.807, 2.05) is 31.2 Å². The van der Waals surface area contributed by atoms with Crippen molar-refractivity contribution in [3.63, 3.8) is 0 Å². The summed E-state index contributed by atoms with van der Waals surface area (Å²) in [6.07, 6.45) is 2.55. The van der Waals surface area contributed by atoms with Gasteiger partial charge in [0.2, 0.25) is 0 Å². The molecular formula is C16H23BrN2O2. The normalized spacial score (nSPS) is 23.4. The molecule has 0 aliphatic carbocycles. The molecule has 21 heavy (non-hydrogen) atoms. The third kappa shape index (κ3) is 4.20. The molecule has 1 N–H and O–H groups in total. The van der Waals surface area contributed by atoms with Gasteiger partial charge in [0.1, 0.15) is 5.54 Å². The highest BCUT2D eigenvalue weighted by atomic mass is 79.9. The highest BCUT2D eigenvalue weighted by Gasteiger charge is 2.40. The van der Waals surface area contributed by atoms with E-state index in [1.165, 1.54) is 0 Å². The summed E-state index contributed by atoms with van der Waals surface area (Å²) in [6, 6.07) is 7.92. The largest absolute Gasteiger partial charge is 0.464 e. The third-order valence-corrected chi connectivity index (χ3v) is 4.49. The number of halogens is 1. The molecular weight excluding hydrogens is 332 g/mol. The second-order valence-corrected chi connectivity index (χ2v) is 6.51. The minimum atomic E-state index is -0.616. The molecule has 0 bridgehead atoms. The van der Waals surface area contributed by atoms with Crippen LogP contribution in [-0.4, -0.2) is 43.2 Å². The van der Waals surface area contributed by atoms with Gasteiger partial charge in [-0.1, -0.05) is 15.9 Å². The van der Waals surface area contributed by atoms with E-state index >= 15 is 0 Å². The Kier molecular flexibility index (Phi) is 5.65. The van der Waals surface area contributed by atoms with Crippen LogP contribution in [0.5, 0.6) is 0 Å². The summed E-state index contributed by atoms with van der Waals surface area (Å²) in [4.78, 5) is 14.8. The first-order chi connectivity index (χ1) is 10.1. The molecule has 1 saturated heterocycles. The maximum Gasteiger partial charge on any atom is 0.331 e. The van der Waals surface area contributed by atoms with E-state index in [0.717, 1.165) is 42.5 Å². The second kappa shape index (κ2) is 7.27. The Balaban J connectivity index is 2.22. The van der Waals surface area contributed by atoms with Gasteiger partial charge in [0.25, 0.3) is 0 Å². The Labute approximate surface area is 135 Å². The molecule has 0 spiro atoms. The average molecular weight is 355 g/mol. The molecule has 116 valence electrons. The second-order valence-electron chi connectivity index (χ2n) is 5.59. The van der Waals surface area contributed by atoms with Gasteiger partial charge >= 0.3 is 5.97 Å². The summed E-state index contributed by atoms with van der Waals surface area (Å²) >= 11 is 3.43. The van der Waals surface area contributed by atoms with Crippen LogP contribution in [0.4, 0.5) is 5.69 Å². The lowest BCUT2D eigenvalue weighted by atomic mass is 9.90. The van der Waals surface area contributed by atoms with E-state index in [1.54, 1.807) is 0 Å². The molecule has 1 aliphatic rings. The molecule has 5 heteroatoms. The van der Waals surface area contributed by atoms with Crippen LogP contribution in [0.1, 0.15) is 26.2 Å². The van der Waals surface area contributed by atoms with Gasteiger partial charge in [-0.25, -0.2) is 4.79 Å².